The number of halogens is 2. The van der Waals surface area contributed by atoms with Crippen LogP contribution in [0.5, 0.6) is 5.75 Å². The smallest absolute Gasteiger partial charge is 0.338 e. The molecular weight excluding hydrogens is 387 g/mol. The van der Waals surface area contributed by atoms with Crippen LogP contribution in [0.15, 0.2) is 36.4 Å². The van der Waals surface area contributed by atoms with Crippen molar-refractivity contribution in [3.8, 4) is 5.75 Å². The predicted octanol–water partition coefficient (Wildman–Crippen LogP) is 3.71. The van der Waals surface area contributed by atoms with Gasteiger partial charge in [0.25, 0.3) is 11.6 Å². The van der Waals surface area contributed by atoms with E-state index < -0.39 is 29.1 Å². The average Bonchev–Trinajstić information content (AvgIpc) is 2.60. The third-order valence-corrected chi connectivity index (χ3v) is 3.76. The van der Waals surface area contributed by atoms with Gasteiger partial charge in [-0.05, 0) is 30.3 Å². The van der Waals surface area contributed by atoms with Crippen LogP contribution < -0.4 is 10.1 Å². The van der Waals surface area contributed by atoms with E-state index in [0.29, 0.717) is 16.5 Å². The number of rotatable bonds is 6. The van der Waals surface area contributed by atoms with Crippen LogP contribution in [0.1, 0.15) is 10.4 Å². The number of hydrogen-bond donors (Lipinski definition) is 1. The number of esters is 1. The van der Waals surface area contributed by atoms with E-state index in [2.05, 4.69) is 5.32 Å². The number of carbonyl (C=O) groups excluding carboxylic acids is 2. The van der Waals surface area contributed by atoms with E-state index in [1.807, 2.05) is 0 Å². The zero-order chi connectivity index (χ0) is 19.3. The van der Waals surface area contributed by atoms with Gasteiger partial charge in [0, 0.05) is 11.8 Å². The van der Waals surface area contributed by atoms with Crippen molar-refractivity contribution in [1.82, 2.24) is 0 Å². The number of methoxy groups -OCH3 is 1. The molecule has 0 fully saturated rings. The average molecular weight is 399 g/mol. The van der Waals surface area contributed by atoms with Gasteiger partial charge >= 0.3 is 5.97 Å². The van der Waals surface area contributed by atoms with Crippen LogP contribution in [0.25, 0.3) is 0 Å². The molecule has 10 heteroatoms. The number of nitro benzene ring substituents is 1. The predicted molar refractivity (Wildman–Crippen MR) is 95.0 cm³/mol. The molecule has 0 saturated heterocycles. The fourth-order valence-corrected chi connectivity index (χ4v) is 2.38. The molecule has 0 atom stereocenters. The number of nitro groups is 1. The summed E-state index contributed by atoms with van der Waals surface area (Å²) >= 11 is 11.6. The monoisotopic (exact) mass is 398 g/mol. The van der Waals surface area contributed by atoms with Crippen LogP contribution in [-0.4, -0.2) is 30.5 Å². The Labute approximate surface area is 157 Å². The first kappa shape index (κ1) is 19.5. The van der Waals surface area contributed by atoms with Crippen molar-refractivity contribution < 1.29 is 24.0 Å². The molecule has 26 heavy (non-hydrogen) atoms. The molecule has 0 saturated carbocycles. The summed E-state index contributed by atoms with van der Waals surface area (Å²) in [5.74, 6) is -1.06. The molecule has 0 aromatic heterocycles. The van der Waals surface area contributed by atoms with Crippen LogP contribution >= 0.6 is 23.2 Å². The molecule has 2 aromatic rings. The topological polar surface area (TPSA) is 108 Å². The van der Waals surface area contributed by atoms with E-state index in [1.54, 1.807) is 12.1 Å². The molecule has 8 nitrogen and oxygen atoms in total. The number of hydrogen-bond acceptors (Lipinski definition) is 6. The molecule has 0 aliphatic carbocycles. The summed E-state index contributed by atoms with van der Waals surface area (Å²) in [6.45, 7) is -0.584. The summed E-state index contributed by atoms with van der Waals surface area (Å²) in [4.78, 5) is 33.9. The minimum atomic E-state index is -0.896. The Morgan fingerprint density at radius 2 is 1.88 bits per heavy atom. The molecule has 0 bridgehead atoms. The molecule has 1 amide bonds. The van der Waals surface area contributed by atoms with E-state index in [0.717, 1.165) is 6.07 Å². The van der Waals surface area contributed by atoms with E-state index in [9.17, 15) is 19.7 Å². The van der Waals surface area contributed by atoms with Crippen molar-refractivity contribution in [2.75, 3.05) is 19.0 Å². The summed E-state index contributed by atoms with van der Waals surface area (Å²) < 4.78 is 9.83. The number of ether oxygens (including phenoxy) is 2. The minimum absolute atomic E-state index is 0.0959. The first-order valence-electron chi connectivity index (χ1n) is 7.06. The highest BCUT2D eigenvalue weighted by molar-refractivity contribution is 6.33. The van der Waals surface area contributed by atoms with Crippen LogP contribution in [0.3, 0.4) is 0 Å². The fraction of sp³-hybridized carbons (Fsp3) is 0.125. The lowest BCUT2D eigenvalue weighted by atomic mass is 10.2. The van der Waals surface area contributed by atoms with Crippen molar-refractivity contribution in [2.24, 2.45) is 0 Å². The standard InChI is InChI=1S/C16H12Cl2N2O6/c1-25-14-5-3-10(7-12(14)18)19-15(21)8-26-16(22)9-2-4-11(17)13(6-9)20(23)24/h2-7H,8H2,1H3,(H,19,21). The lowest BCUT2D eigenvalue weighted by molar-refractivity contribution is -0.384. The number of carbonyl (C=O) groups is 2. The largest absolute Gasteiger partial charge is 0.495 e. The molecule has 0 spiro atoms. The summed E-state index contributed by atoms with van der Waals surface area (Å²) in [7, 11) is 1.46. The number of benzene rings is 2. The Bertz CT molecular complexity index is 872. The molecule has 0 unspecified atom stereocenters. The molecule has 0 aliphatic heterocycles. The Morgan fingerprint density at radius 3 is 2.50 bits per heavy atom. The minimum Gasteiger partial charge on any atom is -0.495 e. The van der Waals surface area contributed by atoms with Gasteiger partial charge in [0.15, 0.2) is 6.61 Å². The molecule has 2 aromatic carbocycles. The van der Waals surface area contributed by atoms with Gasteiger partial charge in [-0.25, -0.2) is 4.79 Å². The summed E-state index contributed by atoms with van der Waals surface area (Å²) in [6.07, 6.45) is 0. The third-order valence-electron chi connectivity index (χ3n) is 3.15. The third kappa shape index (κ3) is 4.84. The highest BCUT2D eigenvalue weighted by atomic mass is 35.5. The number of nitrogens with one attached hydrogen (secondary N) is 1. The maximum Gasteiger partial charge on any atom is 0.338 e. The van der Waals surface area contributed by atoms with Gasteiger partial charge in [-0.2, -0.15) is 0 Å². The van der Waals surface area contributed by atoms with Crippen molar-refractivity contribution in [3.05, 3.63) is 62.1 Å². The molecule has 0 aliphatic rings. The first-order chi connectivity index (χ1) is 12.3. The first-order valence-corrected chi connectivity index (χ1v) is 7.82. The van der Waals surface area contributed by atoms with E-state index in [1.165, 1.54) is 25.3 Å². The molecule has 2 rings (SSSR count). The molecule has 0 heterocycles. The van der Waals surface area contributed by atoms with Crippen molar-refractivity contribution in [1.29, 1.82) is 0 Å². The van der Waals surface area contributed by atoms with E-state index in [-0.39, 0.29) is 10.6 Å². The Kier molecular flexibility index (Phi) is 6.37. The zero-order valence-electron chi connectivity index (χ0n) is 13.3. The van der Waals surface area contributed by atoms with Crippen LogP contribution in [0.4, 0.5) is 11.4 Å². The van der Waals surface area contributed by atoms with Gasteiger partial charge < -0.3 is 14.8 Å². The highest BCUT2D eigenvalue weighted by Crippen LogP contribution is 2.27. The molecule has 1 N–H and O–H groups in total. The summed E-state index contributed by atoms with van der Waals surface area (Å²) in [6, 6.07) is 8.05. The van der Waals surface area contributed by atoms with Crippen molar-refractivity contribution in [2.45, 2.75) is 0 Å². The Morgan fingerprint density at radius 1 is 1.15 bits per heavy atom. The maximum absolute atomic E-state index is 11.9. The Balaban J connectivity index is 1.97. The van der Waals surface area contributed by atoms with Crippen molar-refractivity contribution >= 4 is 46.5 Å². The highest BCUT2D eigenvalue weighted by Gasteiger charge is 2.18. The van der Waals surface area contributed by atoms with Gasteiger partial charge in [-0.3, -0.25) is 14.9 Å². The van der Waals surface area contributed by atoms with Crippen LogP contribution in [-0.2, 0) is 9.53 Å². The number of anilines is 1. The second-order valence-electron chi connectivity index (χ2n) is 4.90. The van der Waals surface area contributed by atoms with E-state index in [4.69, 9.17) is 32.7 Å². The van der Waals surface area contributed by atoms with E-state index >= 15 is 0 Å². The molecular formula is C16H12Cl2N2O6. The summed E-state index contributed by atoms with van der Waals surface area (Å²) in [5, 5.41) is 13.5. The second-order valence-corrected chi connectivity index (χ2v) is 5.71. The lowest BCUT2D eigenvalue weighted by Crippen LogP contribution is -2.21. The fourth-order valence-electron chi connectivity index (χ4n) is 1.94. The quantitative estimate of drug-likeness (QED) is 0.451. The van der Waals surface area contributed by atoms with Crippen LogP contribution in [0, 0.1) is 10.1 Å². The van der Waals surface area contributed by atoms with Gasteiger partial charge in [0.05, 0.1) is 22.6 Å². The molecule has 136 valence electrons. The zero-order valence-corrected chi connectivity index (χ0v) is 14.8. The normalized spacial score (nSPS) is 10.1. The van der Waals surface area contributed by atoms with Crippen LogP contribution in [0.2, 0.25) is 10.0 Å². The van der Waals surface area contributed by atoms with Gasteiger partial charge in [0.2, 0.25) is 0 Å². The van der Waals surface area contributed by atoms with Gasteiger partial charge in [-0.15, -0.1) is 0 Å². The summed E-state index contributed by atoms with van der Waals surface area (Å²) in [5.41, 5.74) is -0.140. The molecule has 0 radical (unpaired) electrons. The number of nitrogens with zero attached hydrogens (tertiary/aromatic N) is 1. The number of amides is 1. The van der Waals surface area contributed by atoms with Gasteiger partial charge in [0.1, 0.15) is 10.8 Å². The van der Waals surface area contributed by atoms with Gasteiger partial charge in [-0.1, -0.05) is 23.2 Å². The second kappa shape index (κ2) is 8.50. The Hall–Kier alpha value is -2.84. The SMILES string of the molecule is COc1ccc(NC(=O)COC(=O)c2ccc(Cl)c([N+](=O)[O-])c2)cc1Cl. The van der Waals surface area contributed by atoms with Crippen molar-refractivity contribution in [3.63, 3.8) is 0 Å². The lowest BCUT2D eigenvalue weighted by Gasteiger charge is -2.09. The maximum atomic E-state index is 11.9.